The highest BCUT2D eigenvalue weighted by atomic mass is 32.2. The van der Waals surface area contributed by atoms with Crippen molar-refractivity contribution in [3.8, 4) is 0 Å². The molecule has 0 aliphatic heterocycles. The van der Waals surface area contributed by atoms with Crippen LogP contribution in [0.1, 0.15) is 42.6 Å². The first kappa shape index (κ1) is 13.1. The third kappa shape index (κ3) is 3.57. The molecule has 0 unspecified atom stereocenters. The van der Waals surface area contributed by atoms with Gasteiger partial charge in [-0.1, -0.05) is 20.8 Å². The van der Waals surface area contributed by atoms with Crippen molar-refractivity contribution in [1.82, 2.24) is 5.43 Å². The zero-order chi connectivity index (χ0) is 12.3. The topological polar surface area (TPSA) is 68.3 Å². The van der Waals surface area contributed by atoms with E-state index in [0.29, 0.717) is 0 Å². The van der Waals surface area contributed by atoms with Crippen molar-refractivity contribution < 1.29 is 9.21 Å². The van der Waals surface area contributed by atoms with Crippen LogP contribution in [0.3, 0.4) is 0 Å². The number of carbonyl (C=O) groups is 1. The molecule has 0 aliphatic rings. The van der Waals surface area contributed by atoms with Crippen molar-refractivity contribution in [2.24, 2.45) is 5.84 Å². The molecule has 0 radical (unpaired) electrons. The molecule has 1 rings (SSSR count). The predicted molar refractivity (Wildman–Crippen MR) is 66.1 cm³/mol. The second-order valence-corrected chi connectivity index (χ2v) is 6.37. The molecule has 90 valence electrons. The van der Waals surface area contributed by atoms with Gasteiger partial charge in [-0.15, -0.1) is 0 Å². The van der Waals surface area contributed by atoms with Gasteiger partial charge in [-0.3, -0.25) is 10.2 Å². The number of nitrogens with two attached hydrogens (primary N) is 1. The van der Waals surface area contributed by atoms with Crippen LogP contribution in [0.4, 0.5) is 0 Å². The van der Waals surface area contributed by atoms with Crippen LogP contribution in [0, 0.1) is 6.92 Å². The number of rotatable bonds is 3. The van der Waals surface area contributed by atoms with Crippen molar-refractivity contribution in [3.63, 3.8) is 0 Å². The summed E-state index contributed by atoms with van der Waals surface area (Å²) in [4.78, 5) is 11.2. The first-order valence-electron chi connectivity index (χ1n) is 5.07. The molecule has 0 aliphatic carbocycles. The lowest BCUT2D eigenvalue weighted by molar-refractivity contribution is 0.0924. The van der Waals surface area contributed by atoms with Crippen molar-refractivity contribution >= 4 is 17.7 Å². The van der Waals surface area contributed by atoms with E-state index < -0.39 is 5.91 Å². The van der Waals surface area contributed by atoms with E-state index in [-0.39, 0.29) is 10.5 Å². The molecule has 0 aromatic carbocycles. The Morgan fingerprint density at radius 3 is 2.69 bits per heavy atom. The van der Waals surface area contributed by atoms with Crippen LogP contribution in [0.25, 0.3) is 0 Å². The third-order valence-electron chi connectivity index (χ3n) is 2.04. The Balaban J connectivity index is 2.75. The Morgan fingerprint density at radius 1 is 1.56 bits per heavy atom. The molecule has 4 nitrogen and oxygen atoms in total. The fourth-order valence-electron chi connectivity index (χ4n) is 1.14. The van der Waals surface area contributed by atoms with Crippen LogP contribution in [0.15, 0.2) is 10.5 Å². The molecule has 0 fully saturated rings. The highest BCUT2D eigenvalue weighted by Gasteiger charge is 2.16. The first-order valence-corrected chi connectivity index (χ1v) is 6.06. The standard InChI is InChI=1S/C11H18N2O2S/c1-7-8(6-16-11(2,3)4)5-9(15-7)10(14)13-12/h5H,6,12H2,1-4H3,(H,13,14). The summed E-state index contributed by atoms with van der Waals surface area (Å²) >= 11 is 1.81. The summed E-state index contributed by atoms with van der Waals surface area (Å²) in [5, 5.41) is 0. The normalized spacial score (nSPS) is 11.6. The molecule has 0 spiro atoms. The van der Waals surface area contributed by atoms with Gasteiger partial charge in [0.05, 0.1) is 0 Å². The van der Waals surface area contributed by atoms with Crippen molar-refractivity contribution in [2.75, 3.05) is 0 Å². The second-order valence-electron chi connectivity index (χ2n) is 4.57. The second kappa shape index (κ2) is 4.93. The van der Waals surface area contributed by atoms with E-state index in [2.05, 4.69) is 26.2 Å². The zero-order valence-electron chi connectivity index (χ0n) is 10.1. The number of amides is 1. The summed E-state index contributed by atoms with van der Waals surface area (Å²) in [5.74, 6) is 6.52. The number of carbonyl (C=O) groups excluding carboxylic acids is 1. The third-order valence-corrected chi connectivity index (χ3v) is 3.36. The van der Waals surface area contributed by atoms with Crippen LogP contribution in [0.5, 0.6) is 0 Å². The Labute approximate surface area is 99.9 Å². The SMILES string of the molecule is Cc1oc(C(=O)NN)cc1CSC(C)(C)C. The molecule has 0 saturated heterocycles. The van der Waals surface area contributed by atoms with Crippen molar-refractivity contribution in [1.29, 1.82) is 0 Å². The number of furan rings is 1. The average Bonchev–Trinajstić information content (AvgIpc) is 2.54. The van der Waals surface area contributed by atoms with Gasteiger partial charge in [-0.2, -0.15) is 11.8 Å². The number of hydrogen-bond acceptors (Lipinski definition) is 4. The van der Waals surface area contributed by atoms with Crippen LogP contribution in [-0.4, -0.2) is 10.7 Å². The lowest BCUT2D eigenvalue weighted by atomic mass is 10.2. The summed E-state index contributed by atoms with van der Waals surface area (Å²) < 4.78 is 5.52. The van der Waals surface area contributed by atoms with E-state index in [1.807, 2.05) is 18.7 Å². The van der Waals surface area contributed by atoms with Crippen LogP contribution in [0.2, 0.25) is 0 Å². The maximum Gasteiger partial charge on any atom is 0.300 e. The van der Waals surface area contributed by atoms with Crippen molar-refractivity contribution in [2.45, 2.75) is 38.2 Å². The van der Waals surface area contributed by atoms with E-state index in [4.69, 9.17) is 10.3 Å². The van der Waals surface area contributed by atoms with Gasteiger partial charge in [0.15, 0.2) is 5.76 Å². The number of hydrogen-bond donors (Lipinski definition) is 2. The highest BCUT2D eigenvalue weighted by molar-refractivity contribution is 7.99. The molecule has 1 heterocycles. The Bertz CT molecular complexity index is 380. The summed E-state index contributed by atoms with van der Waals surface area (Å²) in [7, 11) is 0. The predicted octanol–water partition coefficient (Wildman–Crippen LogP) is 2.22. The highest BCUT2D eigenvalue weighted by Crippen LogP contribution is 2.29. The van der Waals surface area contributed by atoms with E-state index in [0.717, 1.165) is 17.1 Å². The number of nitrogens with one attached hydrogen (secondary N) is 1. The lowest BCUT2D eigenvalue weighted by Crippen LogP contribution is -2.29. The number of nitrogen functional groups attached to an aromatic ring is 1. The van der Waals surface area contributed by atoms with E-state index in [1.165, 1.54) is 0 Å². The molecule has 0 atom stereocenters. The minimum Gasteiger partial charge on any atom is -0.456 e. The van der Waals surface area contributed by atoms with Gasteiger partial charge in [0, 0.05) is 16.1 Å². The Kier molecular flexibility index (Phi) is 4.04. The Morgan fingerprint density at radius 2 is 2.19 bits per heavy atom. The minimum absolute atomic E-state index is 0.194. The minimum atomic E-state index is -0.393. The van der Waals surface area contributed by atoms with Gasteiger partial charge >= 0.3 is 5.91 Å². The molecule has 1 aromatic rings. The molecule has 16 heavy (non-hydrogen) atoms. The van der Waals surface area contributed by atoms with Crippen LogP contribution >= 0.6 is 11.8 Å². The fourth-order valence-corrected chi connectivity index (χ4v) is 2.02. The summed E-state index contributed by atoms with van der Waals surface area (Å²) in [6.45, 7) is 8.31. The summed E-state index contributed by atoms with van der Waals surface area (Å²) in [6.07, 6.45) is 0. The fraction of sp³-hybridized carbons (Fsp3) is 0.545. The van der Waals surface area contributed by atoms with Gasteiger partial charge in [0.1, 0.15) is 5.76 Å². The maximum atomic E-state index is 11.2. The van der Waals surface area contributed by atoms with Crippen LogP contribution < -0.4 is 11.3 Å². The van der Waals surface area contributed by atoms with Gasteiger partial charge in [0.25, 0.3) is 0 Å². The molecular weight excluding hydrogens is 224 g/mol. The monoisotopic (exact) mass is 242 g/mol. The molecule has 3 N–H and O–H groups in total. The van der Waals surface area contributed by atoms with Crippen LogP contribution in [-0.2, 0) is 5.75 Å². The molecule has 0 saturated carbocycles. The average molecular weight is 242 g/mol. The molecule has 0 bridgehead atoms. The molecule has 5 heteroatoms. The first-order chi connectivity index (χ1) is 7.33. The van der Waals surface area contributed by atoms with Gasteiger partial charge in [-0.05, 0) is 13.0 Å². The number of hydrazine groups is 1. The molecule has 1 aromatic heterocycles. The Hall–Kier alpha value is -0.940. The zero-order valence-corrected chi connectivity index (χ0v) is 10.9. The molecular formula is C11H18N2O2S. The lowest BCUT2D eigenvalue weighted by Gasteiger charge is -2.16. The van der Waals surface area contributed by atoms with Gasteiger partial charge < -0.3 is 4.42 Å². The van der Waals surface area contributed by atoms with Gasteiger partial charge in [0.2, 0.25) is 0 Å². The van der Waals surface area contributed by atoms with Crippen molar-refractivity contribution in [3.05, 3.63) is 23.2 Å². The summed E-state index contributed by atoms with van der Waals surface area (Å²) in [5.41, 5.74) is 3.09. The quantitative estimate of drug-likeness (QED) is 0.484. The smallest absolute Gasteiger partial charge is 0.300 e. The van der Waals surface area contributed by atoms with Gasteiger partial charge in [-0.25, -0.2) is 5.84 Å². The maximum absolute atomic E-state index is 11.2. The van der Waals surface area contributed by atoms with E-state index >= 15 is 0 Å². The molecule has 1 amide bonds. The summed E-state index contributed by atoms with van der Waals surface area (Å²) in [6, 6.07) is 1.75. The largest absolute Gasteiger partial charge is 0.456 e. The number of aryl methyl sites for hydroxylation is 1. The van der Waals surface area contributed by atoms with E-state index in [9.17, 15) is 4.79 Å². The van der Waals surface area contributed by atoms with E-state index in [1.54, 1.807) is 6.07 Å². The number of thioether (sulfide) groups is 1.